The molecule has 0 unspecified atom stereocenters. The monoisotopic (exact) mass is 207 g/mol. The molecule has 1 aromatic carbocycles. The van der Waals surface area contributed by atoms with Crippen LogP contribution in [0.3, 0.4) is 0 Å². The Morgan fingerprint density at radius 2 is 1.73 bits per heavy atom. The largest absolute Gasteiger partial charge is 0.451 e. The van der Waals surface area contributed by atoms with E-state index in [0.29, 0.717) is 12.7 Å². The van der Waals surface area contributed by atoms with Crippen molar-refractivity contribution >= 4 is 7.12 Å². The van der Waals surface area contributed by atoms with E-state index in [4.69, 9.17) is 15.8 Å². The summed E-state index contributed by atoms with van der Waals surface area (Å²) in [5.74, 6) is 0. The van der Waals surface area contributed by atoms with Crippen LogP contribution in [-0.2, 0) is 12.8 Å². The zero-order chi connectivity index (χ0) is 11.3. The Labute approximate surface area is 91.1 Å². The van der Waals surface area contributed by atoms with E-state index >= 15 is 0 Å². The van der Waals surface area contributed by atoms with Crippen LogP contribution in [0.2, 0.25) is 6.32 Å². The molecule has 0 aliphatic carbocycles. The quantitative estimate of drug-likeness (QED) is 0.619. The Bertz CT molecular complexity index is 285. The lowest BCUT2D eigenvalue weighted by atomic mass is 9.82. The molecule has 0 aromatic heterocycles. The molecule has 0 saturated carbocycles. The van der Waals surface area contributed by atoms with Gasteiger partial charge >= 0.3 is 7.12 Å². The number of rotatable bonds is 5. The summed E-state index contributed by atoms with van der Waals surface area (Å²) in [6, 6.07) is 8.29. The van der Waals surface area contributed by atoms with E-state index in [1.54, 1.807) is 0 Å². The fraction of sp³-hybridized carbons (Fsp3) is 0.455. The van der Waals surface area contributed by atoms with Crippen LogP contribution in [0.1, 0.15) is 18.1 Å². The lowest BCUT2D eigenvalue weighted by Crippen LogP contribution is -2.17. The predicted octanol–water partition coefficient (Wildman–Crippen LogP) is 0.592. The van der Waals surface area contributed by atoms with E-state index < -0.39 is 7.12 Å². The lowest BCUT2D eigenvalue weighted by molar-refractivity contribution is 0.405. The highest BCUT2D eigenvalue weighted by atomic mass is 16.4. The van der Waals surface area contributed by atoms with Crippen LogP contribution < -0.4 is 5.73 Å². The molecular weight excluding hydrogens is 189 g/mol. The molecular formula is C11H18BNO2. The molecule has 0 saturated heterocycles. The van der Waals surface area contributed by atoms with E-state index in [9.17, 15) is 0 Å². The van der Waals surface area contributed by atoms with Gasteiger partial charge in [0.2, 0.25) is 0 Å². The van der Waals surface area contributed by atoms with Gasteiger partial charge in [0.15, 0.2) is 0 Å². The number of hydrogen-bond donors (Lipinski definition) is 3. The number of hydrogen-bond acceptors (Lipinski definition) is 3. The Hall–Kier alpha value is -0.835. The molecule has 4 N–H and O–H groups in total. The van der Waals surface area contributed by atoms with Crippen LogP contribution >= 0.6 is 0 Å². The zero-order valence-corrected chi connectivity index (χ0v) is 9.06. The van der Waals surface area contributed by atoms with Crippen molar-refractivity contribution in [1.82, 2.24) is 0 Å². The zero-order valence-electron chi connectivity index (χ0n) is 9.06. The first-order chi connectivity index (χ1) is 7.08. The molecule has 0 amide bonds. The van der Waals surface area contributed by atoms with Crippen molar-refractivity contribution in [2.75, 3.05) is 0 Å². The van der Waals surface area contributed by atoms with Crippen molar-refractivity contribution in [3.63, 3.8) is 0 Å². The van der Waals surface area contributed by atoms with Crippen molar-refractivity contribution in [2.24, 2.45) is 5.73 Å². The van der Waals surface area contributed by atoms with Crippen molar-refractivity contribution < 1.29 is 10.0 Å². The topological polar surface area (TPSA) is 66.5 Å². The third-order valence-corrected chi connectivity index (χ3v) is 2.27. The van der Waals surface area contributed by atoms with Gasteiger partial charge in [-0.25, -0.2) is 0 Å². The Kier molecular flexibility index (Phi) is 4.82. The first-order valence-corrected chi connectivity index (χ1v) is 5.27. The molecule has 4 heteroatoms. The highest BCUT2D eigenvalue weighted by Gasteiger charge is 2.06. The van der Waals surface area contributed by atoms with Gasteiger partial charge in [0, 0.05) is 6.04 Å². The summed E-state index contributed by atoms with van der Waals surface area (Å²) in [6.45, 7) is 1.98. The second-order valence-electron chi connectivity index (χ2n) is 4.02. The van der Waals surface area contributed by atoms with E-state index in [1.807, 2.05) is 31.2 Å². The van der Waals surface area contributed by atoms with E-state index in [2.05, 4.69) is 0 Å². The fourth-order valence-corrected chi connectivity index (χ4v) is 1.51. The number of aryl methyl sites for hydroxylation is 1. The van der Waals surface area contributed by atoms with E-state index in [1.165, 1.54) is 5.56 Å². The smallest absolute Gasteiger partial charge is 0.427 e. The molecule has 1 aromatic rings. The van der Waals surface area contributed by atoms with Crippen LogP contribution in [0, 0.1) is 0 Å². The van der Waals surface area contributed by atoms with Crippen LogP contribution in [0.15, 0.2) is 24.3 Å². The molecule has 0 aliphatic rings. The molecule has 0 heterocycles. The highest BCUT2D eigenvalue weighted by Crippen LogP contribution is 2.08. The van der Waals surface area contributed by atoms with Gasteiger partial charge in [0.25, 0.3) is 0 Å². The van der Waals surface area contributed by atoms with Crippen LogP contribution in [0.5, 0.6) is 0 Å². The second-order valence-corrected chi connectivity index (χ2v) is 4.02. The molecule has 0 fully saturated rings. The standard InChI is InChI=1S/C11H18BNO2/c1-9(13)8-11-4-2-10(3-5-11)6-7-12(14)15/h2-5,9,14-15H,6-8,13H2,1H3/t9-/m1/s1. The van der Waals surface area contributed by atoms with Crippen LogP contribution in [-0.4, -0.2) is 23.2 Å². The minimum absolute atomic E-state index is 0.176. The first kappa shape index (κ1) is 12.2. The second kappa shape index (κ2) is 5.90. The van der Waals surface area contributed by atoms with Gasteiger partial charge in [-0.3, -0.25) is 0 Å². The summed E-state index contributed by atoms with van der Waals surface area (Å²) >= 11 is 0. The minimum Gasteiger partial charge on any atom is -0.427 e. The minimum atomic E-state index is -1.21. The third-order valence-electron chi connectivity index (χ3n) is 2.27. The first-order valence-electron chi connectivity index (χ1n) is 5.27. The molecule has 0 aliphatic heterocycles. The maximum atomic E-state index is 8.73. The normalized spacial score (nSPS) is 12.5. The van der Waals surface area contributed by atoms with Gasteiger partial charge in [-0.05, 0) is 37.2 Å². The molecule has 0 bridgehead atoms. The average molecular weight is 207 g/mol. The van der Waals surface area contributed by atoms with E-state index in [0.717, 1.165) is 12.0 Å². The summed E-state index contributed by atoms with van der Waals surface area (Å²) in [5, 5.41) is 17.5. The molecule has 1 rings (SSSR count). The fourth-order valence-electron chi connectivity index (χ4n) is 1.51. The summed E-state index contributed by atoms with van der Waals surface area (Å²) in [4.78, 5) is 0. The van der Waals surface area contributed by atoms with Gasteiger partial charge < -0.3 is 15.8 Å². The highest BCUT2D eigenvalue weighted by molar-refractivity contribution is 6.40. The Balaban J connectivity index is 2.49. The Morgan fingerprint density at radius 1 is 1.20 bits per heavy atom. The van der Waals surface area contributed by atoms with Crippen LogP contribution in [0.4, 0.5) is 0 Å². The number of benzene rings is 1. The summed E-state index contributed by atoms with van der Waals surface area (Å²) in [5.41, 5.74) is 8.04. The maximum Gasteiger partial charge on any atom is 0.451 e. The summed E-state index contributed by atoms with van der Waals surface area (Å²) in [7, 11) is -1.21. The van der Waals surface area contributed by atoms with Crippen molar-refractivity contribution in [3.05, 3.63) is 35.4 Å². The maximum absolute atomic E-state index is 8.73. The van der Waals surface area contributed by atoms with Crippen molar-refractivity contribution in [3.8, 4) is 0 Å². The Morgan fingerprint density at radius 3 is 2.20 bits per heavy atom. The molecule has 3 nitrogen and oxygen atoms in total. The van der Waals surface area contributed by atoms with Gasteiger partial charge in [-0.15, -0.1) is 0 Å². The molecule has 0 spiro atoms. The molecule has 82 valence electrons. The van der Waals surface area contributed by atoms with Gasteiger partial charge in [0.1, 0.15) is 0 Å². The molecule has 15 heavy (non-hydrogen) atoms. The van der Waals surface area contributed by atoms with E-state index in [-0.39, 0.29) is 6.04 Å². The lowest BCUT2D eigenvalue weighted by Gasteiger charge is -2.06. The van der Waals surface area contributed by atoms with Crippen LogP contribution in [0.25, 0.3) is 0 Å². The summed E-state index contributed by atoms with van der Waals surface area (Å²) in [6.07, 6.45) is 1.95. The predicted molar refractivity (Wildman–Crippen MR) is 62.5 cm³/mol. The van der Waals surface area contributed by atoms with Crippen molar-refractivity contribution in [2.45, 2.75) is 32.1 Å². The molecule has 0 radical (unpaired) electrons. The van der Waals surface area contributed by atoms with Crippen molar-refractivity contribution in [1.29, 1.82) is 0 Å². The van der Waals surface area contributed by atoms with Gasteiger partial charge in [0.05, 0.1) is 0 Å². The summed E-state index contributed by atoms with van der Waals surface area (Å²) < 4.78 is 0. The van der Waals surface area contributed by atoms with Gasteiger partial charge in [-0.1, -0.05) is 24.3 Å². The third kappa shape index (κ3) is 4.97. The molecule has 1 atom stereocenters. The SMILES string of the molecule is C[C@@H](N)Cc1ccc(CCB(O)O)cc1. The van der Waals surface area contributed by atoms with Gasteiger partial charge in [-0.2, -0.15) is 0 Å². The number of nitrogens with two attached hydrogens (primary N) is 1. The average Bonchev–Trinajstić information content (AvgIpc) is 2.16.